The van der Waals surface area contributed by atoms with Gasteiger partial charge in [-0.1, -0.05) is 32.4 Å². The van der Waals surface area contributed by atoms with E-state index >= 15 is 0 Å². The highest BCUT2D eigenvalue weighted by atomic mass is 79.9. The summed E-state index contributed by atoms with van der Waals surface area (Å²) in [5.41, 5.74) is 7.66. The highest BCUT2D eigenvalue weighted by Gasteiger charge is 2.39. The highest BCUT2D eigenvalue weighted by molar-refractivity contribution is 9.10. The summed E-state index contributed by atoms with van der Waals surface area (Å²) in [6.07, 6.45) is 4.85. The van der Waals surface area contributed by atoms with Crippen molar-refractivity contribution in [2.24, 2.45) is 11.1 Å². The van der Waals surface area contributed by atoms with Crippen LogP contribution in [0.15, 0.2) is 28.7 Å². The first-order chi connectivity index (χ1) is 8.46. The molecule has 18 heavy (non-hydrogen) atoms. The Balaban J connectivity index is 2.21. The summed E-state index contributed by atoms with van der Waals surface area (Å²) < 4.78 is 1.11. The van der Waals surface area contributed by atoms with E-state index in [1.165, 1.54) is 12.8 Å². The van der Waals surface area contributed by atoms with Gasteiger partial charge in [0.05, 0.1) is 5.54 Å². The zero-order valence-corrected chi connectivity index (χ0v) is 12.9. The zero-order chi connectivity index (χ0) is 13.2. The van der Waals surface area contributed by atoms with Crippen LogP contribution < -0.4 is 11.1 Å². The molecule has 100 valence electrons. The molecular weight excluding hydrogens is 288 g/mol. The number of para-hydroxylation sites is 1. The summed E-state index contributed by atoms with van der Waals surface area (Å²) in [6.45, 7) is 5.38. The van der Waals surface area contributed by atoms with Crippen LogP contribution in [0.2, 0.25) is 0 Å². The Labute approximate surface area is 118 Å². The van der Waals surface area contributed by atoms with Crippen molar-refractivity contribution < 1.29 is 0 Å². The van der Waals surface area contributed by atoms with Gasteiger partial charge in [-0.15, -0.1) is 0 Å². The maximum absolute atomic E-state index is 6.08. The number of halogens is 1. The van der Waals surface area contributed by atoms with Crippen LogP contribution in [-0.4, -0.2) is 12.1 Å². The van der Waals surface area contributed by atoms with Crippen molar-refractivity contribution in [2.45, 2.75) is 45.1 Å². The van der Waals surface area contributed by atoms with Crippen LogP contribution in [0.5, 0.6) is 0 Å². The van der Waals surface area contributed by atoms with Crippen molar-refractivity contribution in [3.63, 3.8) is 0 Å². The maximum atomic E-state index is 6.08. The summed E-state index contributed by atoms with van der Waals surface area (Å²) >= 11 is 3.60. The van der Waals surface area contributed by atoms with E-state index in [0.717, 1.165) is 23.0 Å². The van der Waals surface area contributed by atoms with E-state index in [9.17, 15) is 0 Å². The number of hydrogen-bond acceptors (Lipinski definition) is 2. The van der Waals surface area contributed by atoms with Crippen LogP contribution in [0.3, 0.4) is 0 Å². The summed E-state index contributed by atoms with van der Waals surface area (Å²) in [5, 5.41) is 3.70. The Bertz CT molecular complexity index is 417. The first-order valence-corrected chi connectivity index (χ1v) is 7.49. The van der Waals surface area contributed by atoms with E-state index in [4.69, 9.17) is 5.73 Å². The minimum atomic E-state index is 0.0472. The minimum absolute atomic E-state index is 0.0472. The standard InChI is InChI=1S/C15H23BrN2/c1-14(2)8-5-9-15(10-14,11-17)18-13-7-4-3-6-12(13)16/h3-4,6-7,18H,5,8-11,17H2,1-2H3. The molecule has 1 aromatic rings. The van der Waals surface area contributed by atoms with Crippen molar-refractivity contribution in [1.29, 1.82) is 0 Å². The van der Waals surface area contributed by atoms with Gasteiger partial charge in [-0.05, 0) is 52.7 Å². The number of nitrogens with one attached hydrogen (secondary N) is 1. The SMILES string of the molecule is CC1(C)CCCC(CN)(Nc2ccccc2Br)C1. The van der Waals surface area contributed by atoms with Gasteiger partial charge in [0.1, 0.15) is 0 Å². The van der Waals surface area contributed by atoms with E-state index in [0.29, 0.717) is 12.0 Å². The fourth-order valence-electron chi connectivity index (χ4n) is 3.18. The largest absolute Gasteiger partial charge is 0.377 e. The van der Waals surface area contributed by atoms with Crippen LogP contribution in [-0.2, 0) is 0 Å². The molecule has 1 atom stereocenters. The molecule has 0 radical (unpaired) electrons. The van der Waals surface area contributed by atoms with Gasteiger partial charge in [-0.25, -0.2) is 0 Å². The van der Waals surface area contributed by atoms with Gasteiger partial charge < -0.3 is 11.1 Å². The van der Waals surface area contributed by atoms with Gasteiger partial charge in [0.25, 0.3) is 0 Å². The number of nitrogens with two attached hydrogens (primary N) is 1. The molecule has 1 saturated carbocycles. The summed E-state index contributed by atoms with van der Waals surface area (Å²) in [5.74, 6) is 0. The molecule has 0 aromatic heterocycles. The molecule has 3 N–H and O–H groups in total. The molecule has 1 aliphatic carbocycles. The number of rotatable bonds is 3. The first kappa shape index (κ1) is 13.9. The molecule has 0 saturated heterocycles. The lowest BCUT2D eigenvalue weighted by Crippen LogP contribution is -2.51. The van der Waals surface area contributed by atoms with E-state index in [2.05, 4.69) is 53.3 Å². The second kappa shape index (κ2) is 5.22. The molecule has 2 rings (SSSR count). The topological polar surface area (TPSA) is 38.0 Å². The van der Waals surface area contributed by atoms with Crippen molar-refractivity contribution in [3.8, 4) is 0 Å². The van der Waals surface area contributed by atoms with Gasteiger partial charge in [-0.2, -0.15) is 0 Å². The van der Waals surface area contributed by atoms with E-state index < -0.39 is 0 Å². The van der Waals surface area contributed by atoms with Crippen LogP contribution in [0.4, 0.5) is 5.69 Å². The molecule has 1 aromatic carbocycles. The Hall–Kier alpha value is -0.540. The molecular formula is C15H23BrN2. The van der Waals surface area contributed by atoms with Gasteiger partial charge in [0.15, 0.2) is 0 Å². The molecule has 1 unspecified atom stereocenters. The molecule has 0 aliphatic heterocycles. The highest BCUT2D eigenvalue weighted by Crippen LogP contribution is 2.42. The van der Waals surface area contributed by atoms with Crippen LogP contribution >= 0.6 is 15.9 Å². The maximum Gasteiger partial charge on any atom is 0.0501 e. The first-order valence-electron chi connectivity index (χ1n) is 6.69. The van der Waals surface area contributed by atoms with E-state index in [1.54, 1.807) is 0 Å². The molecule has 0 heterocycles. The smallest absolute Gasteiger partial charge is 0.0501 e. The van der Waals surface area contributed by atoms with Crippen molar-refractivity contribution in [2.75, 3.05) is 11.9 Å². The average Bonchev–Trinajstić information content (AvgIpc) is 2.31. The lowest BCUT2D eigenvalue weighted by molar-refractivity contribution is 0.170. The van der Waals surface area contributed by atoms with Crippen molar-refractivity contribution in [1.82, 2.24) is 0 Å². The van der Waals surface area contributed by atoms with Gasteiger partial charge >= 0.3 is 0 Å². The number of anilines is 1. The third kappa shape index (κ3) is 3.07. The minimum Gasteiger partial charge on any atom is -0.377 e. The van der Waals surface area contributed by atoms with Gasteiger partial charge in [0.2, 0.25) is 0 Å². The molecule has 0 spiro atoms. The molecule has 0 bridgehead atoms. The Kier molecular flexibility index (Phi) is 4.02. The average molecular weight is 311 g/mol. The Morgan fingerprint density at radius 1 is 1.28 bits per heavy atom. The van der Waals surface area contributed by atoms with E-state index in [1.807, 2.05) is 6.07 Å². The molecule has 2 nitrogen and oxygen atoms in total. The van der Waals surface area contributed by atoms with Gasteiger partial charge in [0, 0.05) is 16.7 Å². The van der Waals surface area contributed by atoms with Crippen molar-refractivity contribution >= 4 is 21.6 Å². The third-order valence-electron chi connectivity index (χ3n) is 3.99. The van der Waals surface area contributed by atoms with Crippen LogP contribution in [0.25, 0.3) is 0 Å². The second-order valence-electron chi connectivity index (χ2n) is 6.28. The normalized spacial score (nSPS) is 26.9. The summed E-state index contributed by atoms with van der Waals surface area (Å²) in [7, 11) is 0. The molecule has 0 amide bonds. The second-order valence-corrected chi connectivity index (χ2v) is 7.14. The fraction of sp³-hybridized carbons (Fsp3) is 0.600. The monoisotopic (exact) mass is 310 g/mol. The predicted octanol–water partition coefficient (Wildman–Crippen LogP) is 4.16. The Morgan fingerprint density at radius 3 is 2.61 bits per heavy atom. The quantitative estimate of drug-likeness (QED) is 0.879. The number of hydrogen-bond donors (Lipinski definition) is 2. The van der Waals surface area contributed by atoms with Crippen LogP contribution in [0.1, 0.15) is 39.5 Å². The number of benzene rings is 1. The van der Waals surface area contributed by atoms with E-state index in [-0.39, 0.29) is 5.54 Å². The summed E-state index contributed by atoms with van der Waals surface area (Å²) in [6, 6.07) is 8.28. The fourth-order valence-corrected chi connectivity index (χ4v) is 3.56. The lowest BCUT2D eigenvalue weighted by atomic mass is 9.68. The van der Waals surface area contributed by atoms with Gasteiger partial charge in [-0.3, -0.25) is 0 Å². The molecule has 1 aliphatic rings. The van der Waals surface area contributed by atoms with Crippen LogP contribution in [0, 0.1) is 5.41 Å². The lowest BCUT2D eigenvalue weighted by Gasteiger charge is -2.45. The zero-order valence-electron chi connectivity index (χ0n) is 11.3. The predicted molar refractivity (Wildman–Crippen MR) is 81.8 cm³/mol. The third-order valence-corrected chi connectivity index (χ3v) is 4.68. The molecule has 1 fully saturated rings. The molecule has 3 heteroatoms. The Morgan fingerprint density at radius 2 is 2.00 bits per heavy atom. The summed E-state index contributed by atoms with van der Waals surface area (Å²) in [4.78, 5) is 0. The van der Waals surface area contributed by atoms with Crippen molar-refractivity contribution in [3.05, 3.63) is 28.7 Å².